The van der Waals surface area contributed by atoms with E-state index in [1.807, 2.05) is 24.4 Å². The highest BCUT2D eigenvalue weighted by atomic mass is 16.5. The summed E-state index contributed by atoms with van der Waals surface area (Å²) in [5.41, 5.74) is 4.42. The number of benzene rings is 1. The Hall–Kier alpha value is -2.29. The largest absolute Gasteiger partial charge is 0.496 e. The number of aryl methyl sites for hydroxylation is 1. The Balaban J connectivity index is 1.96. The first-order valence-electron chi connectivity index (χ1n) is 6.32. The predicted molar refractivity (Wildman–Crippen MR) is 75.7 cm³/mol. The third kappa shape index (κ3) is 2.32. The van der Waals surface area contributed by atoms with Gasteiger partial charge in [0.15, 0.2) is 0 Å². The monoisotopic (exact) mass is 252 g/mol. The van der Waals surface area contributed by atoms with Gasteiger partial charge in [0.2, 0.25) is 0 Å². The number of nitrogens with zero attached hydrogens (tertiary/aromatic N) is 2. The van der Waals surface area contributed by atoms with E-state index in [1.165, 1.54) is 5.56 Å². The van der Waals surface area contributed by atoms with Crippen LogP contribution in [0.4, 0.5) is 0 Å². The molecule has 0 saturated carbocycles. The van der Waals surface area contributed by atoms with Gasteiger partial charge in [0.05, 0.1) is 12.8 Å². The van der Waals surface area contributed by atoms with E-state index in [0.717, 1.165) is 29.1 Å². The number of imidazole rings is 1. The summed E-state index contributed by atoms with van der Waals surface area (Å²) in [6.07, 6.45) is 4.90. The number of hydrogen-bond donors (Lipinski definition) is 0. The first-order valence-corrected chi connectivity index (χ1v) is 6.32. The Morgan fingerprint density at radius 3 is 2.89 bits per heavy atom. The molecule has 2 heterocycles. The summed E-state index contributed by atoms with van der Waals surface area (Å²) in [6.45, 7) is 2.08. The molecule has 3 aromatic rings. The zero-order chi connectivity index (χ0) is 13.2. The molecule has 2 aromatic heterocycles. The minimum Gasteiger partial charge on any atom is -0.496 e. The van der Waals surface area contributed by atoms with Crippen LogP contribution in [0.2, 0.25) is 0 Å². The summed E-state index contributed by atoms with van der Waals surface area (Å²) in [4.78, 5) is 4.65. The minimum absolute atomic E-state index is 0.782. The van der Waals surface area contributed by atoms with Gasteiger partial charge in [-0.05, 0) is 30.7 Å². The fourth-order valence-corrected chi connectivity index (χ4v) is 2.27. The van der Waals surface area contributed by atoms with Crippen LogP contribution in [0.3, 0.4) is 0 Å². The molecule has 0 N–H and O–H groups in total. The maximum atomic E-state index is 5.38. The summed E-state index contributed by atoms with van der Waals surface area (Å²) in [5.74, 6) is 0.913. The minimum atomic E-state index is 0.782. The molecule has 3 rings (SSSR count). The second kappa shape index (κ2) is 4.76. The summed E-state index contributed by atoms with van der Waals surface area (Å²) < 4.78 is 7.43. The van der Waals surface area contributed by atoms with E-state index in [-0.39, 0.29) is 0 Å². The molecule has 3 heteroatoms. The Kier molecular flexibility index (Phi) is 2.95. The van der Waals surface area contributed by atoms with Crippen molar-refractivity contribution in [3.63, 3.8) is 0 Å². The van der Waals surface area contributed by atoms with Crippen molar-refractivity contribution in [2.75, 3.05) is 7.11 Å². The van der Waals surface area contributed by atoms with Crippen molar-refractivity contribution < 1.29 is 4.74 Å². The van der Waals surface area contributed by atoms with Crippen LogP contribution in [0.25, 0.3) is 5.65 Å². The molecule has 19 heavy (non-hydrogen) atoms. The number of pyridine rings is 1. The lowest BCUT2D eigenvalue weighted by Crippen LogP contribution is -1.93. The normalized spacial score (nSPS) is 10.8. The highest BCUT2D eigenvalue weighted by Gasteiger charge is 2.06. The first-order chi connectivity index (χ1) is 9.26. The Labute approximate surface area is 112 Å². The van der Waals surface area contributed by atoms with Crippen LogP contribution in [0.15, 0.2) is 48.8 Å². The van der Waals surface area contributed by atoms with Gasteiger partial charge in [-0.15, -0.1) is 0 Å². The summed E-state index contributed by atoms with van der Waals surface area (Å²) >= 11 is 0. The molecule has 96 valence electrons. The van der Waals surface area contributed by atoms with Gasteiger partial charge in [-0.1, -0.05) is 18.2 Å². The molecule has 0 spiro atoms. The Morgan fingerprint density at radius 2 is 2.05 bits per heavy atom. The first kappa shape index (κ1) is 11.8. The molecule has 0 aliphatic carbocycles. The van der Waals surface area contributed by atoms with Gasteiger partial charge in [-0.25, -0.2) is 4.98 Å². The highest BCUT2D eigenvalue weighted by molar-refractivity contribution is 5.44. The number of para-hydroxylation sites is 1. The van der Waals surface area contributed by atoms with Gasteiger partial charge in [0.25, 0.3) is 0 Å². The van der Waals surface area contributed by atoms with Crippen molar-refractivity contribution >= 4 is 5.65 Å². The average Bonchev–Trinajstić information content (AvgIpc) is 2.80. The Bertz CT molecular complexity index is 716. The highest BCUT2D eigenvalue weighted by Crippen LogP contribution is 2.21. The molecular weight excluding hydrogens is 236 g/mol. The second-order valence-corrected chi connectivity index (χ2v) is 4.69. The number of aromatic nitrogens is 2. The summed E-state index contributed by atoms with van der Waals surface area (Å²) in [6, 6.07) is 12.2. The van der Waals surface area contributed by atoms with Crippen molar-refractivity contribution in [2.45, 2.75) is 13.3 Å². The lowest BCUT2D eigenvalue weighted by molar-refractivity contribution is 0.410. The average molecular weight is 252 g/mol. The van der Waals surface area contributed by atoms with Crippen molar-refractivity contribution in [3.05, 3.63) is 65.6 Å². The smallest absolute Gasteiger partial charge is 0.137 e. The van der Waals surface area contributed by atoms with Crippen LogP contribution in [0.5, 0.6) is 5.75 Å². The molecule has 0 atom stereocenters. The van der Waals surface area contributed by atoms with Crippen molar-refractivity contribution in [3.8, 4) is 5.75 Å². The fourth-order valence-electron chi connectivity index (χ4n) is 2.27. The molecular formula is C16H16N2O. The number of rotatable bonds is 3. The maximum absolute atomic E-state index is 5.38. The van der Waals surface area contributed by atoms with Gasteiger partial charge in [-0.3, -0.25) is 0 Å². The van der Waals surface area contributed by atoms with Crippen molar-refractivity contribution in [1.82, 2.24) is 9.38 Å². The van der Waals surface area contributed by atoms with E-state index >= 15 is 0 Å². The topological polar surface area (TPSA) is 26.5 Å². The van der Waals surface area contributed by atoms with Gasteiger partial charge in [0.1, 0.15) is 11.4 Å². The van der Waals surface area contributed by atoms with E-state index in [9.17, 15) is 0 Å². The van der Waals surface area contributed by atoms with Gasteiger partial charge in [0, 0.05) is 24.4 Å². The summed E-state index contributed by atoms with van der Waals surface area (Å²) in [5, 5.41) is 0. The van der Waals surface area contributed by atoms with Crippen LogP contribution in [0.1, 0.15) is 16.8 Å². The summed E-state index contributed by atoms with van der Waals surface area (Å²) in [7, 11) is 1.70. The molecule has 0 amide bonds. The Morgan fingerprint density at radius 1 is 1.21 bits per heavy atom. The fraction of sp³-hybridized carbons (Fsp3) is 0.188. The van der Waals surface area contributed by atoms with E-state index in [2.05, 4.69) is 40.7 Å². The SMILES string of the molecule is COc1ccccc1Cc1cn2ccc(C)cc2n1. The molecule has 3 nitrogen and oxygen atoms in total. The lowest BCUT2D eigenvalue weighted by atomic mass is 10.1. The van der Waals surface area contributed by atoms with E-state index in [4.69, 9.17) is 4.74 Å². The van der Waals surface area contributed by atoms with Gasteiger partial charge >= 0.3 is 0 Å². The van der Waals surface area contributed by atoms with Gasteiger partial charge < -0.3 is 9.14 Å². The molecule has 1 aromatic carbocycles. The maximum Gasteiger partial charge on any atom is 0.137 e. The molecule has 0 radical (unpaired) electrons. The molecule has 0 bridgehead atoms. The third-order valence-corrected chi connectivity index (χ3v) is 3.23. The van der Waals surface area contributed by atoms with E-state index in [1.54, 1.807) is 7.11 Å². The lowest BCUT2D eigenvalue weighted by Gasteiger charge is -2.05. The van der Waals surface area contributed by atoms with Crippen LogP contribution in [-0.4, -0.2) is 16.5 Å². The zero-order valence-electron chi connectivity index (χ0n) is 11.1. The molecule has 0 unspecified atom stereocenters. The van der Waals surface area contributed by atoms with Crippen molar-refractivity contribution in [2.24, 2.45) is 0 Å². The molecule has 0 fully saturated rings. The van der Waals surface area contributed by atoms with Crippen LogP contribution < -0.4 is 4.74 Å². The number of methoxy groups -OCH3 is 1. The van der Waals surface area contributed by atoms with Gasteiger partial charge in [-0.2, -0.15) is 0 Å². The van der Waals surface area contributed by atoms with Crippen LogP contribution >= 0.6 is 0 Å². The van der Waals surface area contributed by atoms with Crippen LogP contribution in [0, 0.1) is 6.92 Å². The number of ether oxygens (including phenoxy) is 1. The van der Waals surface area contributed by atoms with E-state index in [0.29, 0.717) is 0 Å². The molecule has 0 aliphatic rings. The zero-order valence-corrected chi connectivity index (χ0v) is 11.1. The molecule has 0 aliphatic heterocycles. The second-order valence-electron chi connectivity index (χ2n) is 4.69. The number of hydrogen-bond acceptors (Lipinski definition) is 2. The van der Waals surface area contributed by atoms with Crippen LogP contribution in [-0.2, 0) is 6.42 Å². The standard InChI is InChI=1S/C16H16N2O/c1-12-7-8-18-11-14(17-16(18)9-12)10-13-5-3-4-6-15(13)19-2/h3-9,11H,10H2,1-2H3. The van der Waals surface area contributed by atoms with Crippen molar-refractivity contribution in [1.29, 1.82) is 0 Å². The number of fused-ring (bicyclic) bond motifs is 1. The molecule has 0 saturated heterocycles. The third-order valence-electron chi connectivity index (χ3n) is 3.23. The predicted octanol–water partition coefficient (Wildman–Crippen LogP) is 3.24. The quantitative estimate of drug-likeness (QED) is 0.715. The van der Waals surface area contributed by atoms with E-state index < -0.39 is 0 Å².